The highest BCUT2D eigenvalue weighted by Gasteiger charge is 2.13. The van der Waals surface area contributed by atoms with Gasteiger partial charge >= 0.3 is 5.97 Å². The summed E-state index contributed by atoms with van der Waals surface area (Å²) in [5.41, 5.74) is 2.52. The van der Waals surface area contributed by atoms with Gasteiger partial charge in [-0.1, -0.05) is 18.2 Å². The first-order valence-corrected chi connectivity index (χ1v) is 8.94. The molecular formula is C21H27N3O4. The van der Waals surface area contributed by atoms with Crippen molar-refractivity contribution in [2.75, 3.05) is 34.9 Å². The van der Waals surface area contributed by atoms with Crippen LogP contribution in [0.25, 0.3) is 0 Å². The predicted octanol–water partition coefficient (Wildman–Crippen LogP) is 2.40. The summed E-state index contributed by atoms with van der Waals surface area (Å²) in [6, 6.07) is 13.4. The van der Waals surface area contributed by atoms with E-state index < -0.39 is 5.97 Å². The molecule has 7 nitrogen and oxygen atoms in total. The molecule has 7 heteroatoms. The fourth-order valence-electron chi connectivity index (χ4n) is 2.66. The normalized spacial score (nSPS) is 10.9. The number of methoxy groups -OCH3 is 3. The Hall–Kier alpha value is -3.22. The second-order valence-electron chi connectivity index (χ2n) is 5.98. The van der Waals surface area contributed by atoms with E-state index in [1.54, 1.807) is 26.3 Å². The summed E-state index contributed by atoms with van der Waals surface area (Å²) in [5.74, 6) is 1.59. The minimum atomic E-state index is -0.430. The van der Waals surface area contributed by atoms with E-state index in [2.05, 4.69) is 15.6 Å². The Morgan fingerprint density at radius 3 is 2.29 bits per heavy atom. The van der Waals surface area contributed by atoms with Crippen molar-refractivity contribution in [1.82, 2.24) is 10.6 Å². The van der Waals surface area contributed by atoms with Crippen molar-refractivity contribution >= 4 is 11.9 Å². The smallest absolute Gasteiger partial charge is 0.341 e. The molecule has 2 aromatic carbocycles. The summed E-state index contributed by atoms with van der Waals surface area (Å²) in [4.78, 5) is 16.1. The summed E-state index contributed by atoms with van der Waals surface area (Å²) in [5, 5.41) is 6.52. The van der Waals surface area contributed by atoms with Gasteiger partial charge in [0.25, 0.3) is 0 Å². The van der Waals surface area contributed by atoms with Gasteiger partial charge in [0, 0.05) is 20.1 Å². The third kappa shape index (κ3) is 5.90. The third-order valence-electron chi connectivity index (χ3n) is 4.22. The first-order valence-electron chi connectivity index (χ1n) is 8.94. The van der Waals surface area contributed by atoms with Crippen molar-refractivity contribution in [2.24, 2.45) is 4.99 Å². The van der Waals surface area contributed by atoms with Crippen molar-refractivity contribution in [3.05, 3.63) is 59.2 Å². The second kappa shape index (κ2) is 10.8. The van der Waals surface area contributed by atoms with Gasteiger partial charge in [-0.25, -0.2) is 4.79 Å². The number of guanidine groups is 1. The minimum Gasteiger partial charge on any atom is -0.497 e. The highest BCUT2D eigenvalue weighted by Crippen LogP contribution is 2.20. The Morgan fingerprint density at radius 1 is 0.964 bits per heavy atom. The van der Waals surface area contributed by atoms with Gasteiger partial charge in [0.1, 0.15) is 17.1 Å². The maximum absolute atomic E-state index is 11.9. The molecule has 0 fully saturated rings. The molecule has 0 aromatic heterocycles. The van der Waals surface area contributed by atoms with E-state index in [4.69, 9.17) is 14.2 Å². The van der Waals surface area contributed by atoms with Crippen molar-refractivity contribution in [2.45, 2.75) is 13.0 Å². The number of esters is 1. The summed E-state index contributed by atoms with van der Waals surface area (Å²) in [6.07, 6.45) is 0.861. The standard InChI is InChI=1S/C21H27N3O4/c1-22-21(23-12-11-15-5-8-17(26-2)9-6-15)24-14-16-7-10-19(27-3)18(13-16)20(25)28-4/h5-10,13H,11-12,14H2,1-4H3,(H2,22,23,24). The van der Waals surface area contributed by atoms with Gasteiger partial charge in [-0.15, -0.1) is 0 Å². The van der Waals surface area contributed by atoms with E-state index in [9.17, 15) is 4.79 Å². The van der Waals surface area contributed by atoms with E-state index in [1.165, 1.54) is 19.8 Å². The van der Waals surface area contributed by atoms with Crippen LogP contribution in [0.3, 0.4) is 0 Å². The molecule has 0 aliphatic carbocycles. The molecule has 0 aliphatic rings. The number of benzene rings is 2. The van der Waals surface area contributed by atoms with Crippen molar-refractivity contribution < 1.29 is 19.0 Å². The van der Waals surface area contributed by atoms with Crippen LogP contribution >= 0.6 is 0 Å². The first-order chi connectivity index (χ1) is 13.6. The van der Waals surface area contributed by atoms with Gasteiger partial charge in [-0.3, -0.25) is 4.99 Å². The van der Waals surface area contributed by atoms with Crippen LogP contribution in [0, 0.1) is 0 Å². The van der Waals surface area contributed by atoms with E-state index in [-0.39, 0.29) is 0 Å². The van der Waals surface area contributed by atoms with Gasteiger partial charge in [0.05, 0.1) is 21.3 Å². The summed E-state index contributed by atoms with van der Waals surface area (Å²) in [7, 11) is 6.25. The summed E-state index contributed by atoms with van der Waals surface area (Å²) < 4.78 is 15.2. The van der Waals surface area contributed by atoms with Crippen LogP contribution < -0.4 is 20.1 Å². The predicted molar refractivity (Wildman–Crippen MR) is 109 cm³/mol. The lowest BCUT2D eigenvalue weighted by Gasteiger charge is -2.13. The highest BCUT2D eigenvalue weighted by atomic mass is 16.5. The highest BCUT2D eigenvalue weighted by molar-refractivity contribution is 5.92. The average Bonchev–Trinajstić information content (AvgIpc) is 2.75. The molecule has 0 unspecified atom stereocenters. The molecule has 0 amide bonds. The Morgan fingerprint density at radius 2 is 1.68 bits per heavy atom. The number of nitrogens with one attached hydrogen (secondary N) is 2. The van der Waals surface area contributed by atoms with Crippen LogP contribution in [0.5, 0.6) is 11.5 Å². The topological polar surface area (TPSA) is 81.2 Å². The maximum Gasteiger partial charge on any atom is 0.341 e. The van der Waals surface area contributed by atoms with Gasteiger partial charge in [-0.2, -0.15) is 0 Å². The number of nitrogens with zero attached hydrogens (tertiary/aromatic N) is 1. The number of carbonyl (C=O) groups excluding carboxylic acids is 1. The van der Waals surface area contributed by atoms with Gasteiger partial charge < -0.3 is 24.8 Å². The number of carbonyl (C=O) groups is 1. The van der Waals surface area contributed by atoms with Gasteiger partial charge in [-0.05, 0) is 41.8 Å². The van der Waals surface area contributed by atoms with E-state index in [0.717, 1.165) is 24.3 Å². The number of rotatable bonds is 8. The Balaban J connectivity index is 1.88. The number of hydrogen-bond donors (Lipinski definition) is 2. The number of aliphatic imine (C=N–C) groups is 1. The van der Waals surface area contributed by atoms with E-state index >= 15 is 0 Å². The monoisotopic (exact) mass is 385 g/mol. The molecule has 0 spiro atoms. The second-order valence-corrected chi connectivity index (χ2v) is 5.98. The summed E-state index contributed by atoms with van der Waals surface area (Å²) >= 11 is 0. The van der Waals surface area contributed by atoms with Crippen LogP contribution in [-0.2, 0) is 17.7 Å². The van der Waals surface area contributed by atoms with Crippen LogP contribution in [0.1, 0.15) is 21.5 Å². The minimum absolute atomic E-state index is 0.395. The maximum atomic E-state index is 11.9. The molecule has 0 saturated carbocycles. The molecule has 28 heavy (non-hydrogen) atoms. The summed E-state index contributed by atoms with van der Waals surface area (Å²) in [6.45, 7) is 1.25. The van der Waals surface area contributed by atoms with Crippen molar-refractivity contribution in [3.8, 4) is 11.5 Å². The zero-order chi connectivity index (χ0) is 20.4. The Bertz CT molecular complexity index is 804. The van der Waals surface area contributed by atoms with Crippen LogP contribution in [-0.4, -0.2) is 46.9 Å². The van der Waals surface area contributed by atoms with Crippen LogP contribution in [0.4, 0.5) is 0 Å². The lowest BCUT2D eigenvalue weighted by molar-refractivity contribution is 0.0597. The van der Waals surface area contributed by atoms with Crippen LogP contribution in [0.15, 0.2) is 47.5 Å². The molecule has 2 rings (SSSR count). The SMILES string of the molecule is CN=C(NCCc1ccc(OC)cc1)NCc1ccc(OC)c(C(=O)OC)c1. The molecule has 0 saturated heterocycles. The van der Waals surface area contributed by atoms with E-state index in [1.807, 2.05) is 30.3 Å². The largest absolute Gasteiger partial charge is 0.497 e. The number of hydrogen-bond acceptors (Lipinski definition) is 5. The van der Waals surface area contributed by atoms with E-state index in [0.29, 0.717) is 23.8 Å². The lowest BCUT2D eigenvalue weighted by atomic mass is 10.1. The molecule has 0 aliphatic heterocycles. The zero-order valence-corrected chi connectivity index (χ0v) is 16.7. The van der Waals surface area contributed by atoms with Gasteiger partial charge in [0.15, 0.2) is 5.96 Å². The van der Waals surface area contributed by atoms with Crippen LogP contribution in [0.2, 0.25) is 0 Å². The van der Waals surface area contributed by atoms with Crippen molar-refractivity contribution in [3.63, 3.8) is 0 Å². The molecule has 0 heterocycles. The zero-order valence-electron chi connectivity index (χ0n) is 16.7. The van der Waals surface area contributed by atoms with Crippen molar-refractivity contribution in [1.29, 1.82) is 0 Å². The Labute approximate surface area is 165 Å². The molecule has 2 N–H and O–H groups in total. The molecular weight excluding hydrogens is 358 g/mol. The molecule has 150 valence electrons. The third-order valence-corrected chi connectivity index (χ3v) is 4.22. The molecule has 2 aromatic rings. The molecule has 0 radical (unpaired) electrons. The molecule has 0 bridgehead atoms. The van der Waals surface area contributed by atoms with Gasteiger partial charge in [0.2, 0.25) is 0 Å². The fraction of sp³-hybridized carbons (Fsp3) is 0.333. The fourth-order valence-corrected chi connectivity index (χ4v) is 2.66. The lowest BCUT2D eigenvalue weighted by Crippen LogP contribution is -2.37. The Kier molecular flexibility index (Phi) is 8.14. The number of ether oxygens (including phenoxy) is 3. The molecule has 0 atom stereocenters. The first kappa shape index (κ1) is 21.1. The quantitative estimate of drug-likeness (QED) is 0.413. The average molecular weight is 385 g/mol.